The summed E-state index contributed by atoms with van der Waals surface area (Å²) in [6.07, 6.45) is 0.499. The van der Waals surface area contributed by atoms with Crippen LogP contribution in [0.3, 0.4) is 0 Å². The van der Waals surface area contributed by atoms with Crippen LogP contribution in [-0.4, -0.2) is 52.8 Å². The number of nitrogens with zero attached hydrogens (tertiary/aromatic N) is 5. The van der Waals surface area contributed by atoms with Gasteiger partial charge in [-0.1, -0.05) is 5.22 Å². The molecule has 0 fully saturated rings. The standard InChI is InChI=1S/C7H9ClN6O2/c8-1-2-14-7(16)13-3-10-4(5(9)15)6(13)11-12-14/h3-4,6H,1-2H2,(H2,9,15). The van der Waals surface area contributed by atoms with Crippen LogP contribution in [0, 0.1) is 0 Å². The zero-order chi connectivity index (χ0) is 11.7. The number of primary amides is 1. The van der Waals surface area contributed by atoms with E-state index in [2.05, 4.69) is 15.3 Å². The number of carbonyl (C=O) groups excluding carboxylic acids is 2. The molecule has 0 aromatic heterocycles. The predicted octanol–water partition coefficient (Wildman–Crippen LogP) is -0.448. The first-order chi connectivity index (χ1) is 7.65. The van der Waals surface area contributed by atoms with Gasteiger partial charge in [0.15, 0.2) is 12.2 Å². The summed E-state index contributed by atoms with van der Waals surface area (Å²) in [5.41, 5.74) is 5.12. The van der Waals surface area contributed by atoms with Crippen LogP contribution in [0.2, 0.25) is 0 Å². The van der Waals surface area contributed by atoms with Gasteiger partial charge in [0.2, 0.25) is 5.91 Å². The second-order valence-corrected chi connectivity index (χ2v) is 3.61. The smallest absolute Gasteiger partial charge is 0.348 e. The van der Waals surface area contributed by atoms with Gasteiger partial charge in [-0.2, -0.15) is 5.01 Å². The number of rotatable bonds is 3. The number of halogens is 1. The third-order valence-corrected chi connectivity index (χ3v) is 2.40. The lowest BCUT2D eigenvalue weighted by Gasteiger charge is -2.29. The van der Waals surface area contributed by atoms with Crippen molar-refractivity contribution < 1.29 is 9.59 Å². The fourth-order valence-electron chi connectivity index (χ4n) is 1.45. The molecule has 0 radical (unpaired) electrons. The largest absolute Gasteiger partial charge is 0.368 e. The van der Waals surface area contributed by atoms with E-state index in [0.29, 0.717) is 0 Å². The minimum Gasteiger partial charge on any atom is -0.368 e. The van der Waals surface area contributed by atoms with Crippen molar-refractivity contribution in [1.29, 1.82) is 0 Å². The molecular formula is C7H9ClN6O2. The van der Waals surface area contributed by atoms with Gasteiger partial charge in [0.05, 0.1) is 12.9 Å². The van der Waals surface area contributed by atoms with E-state index in [0.717, 1.165) is 5.01 Å². The number of amides is 3. The maximum Gasteiger partial charge on any atom is 0.348 e. The molecule has 86 valence electrons. The van der Waals surface area contributed by atoms with Crippen LogP contribution in [0.1, 0.15) is 0 Å². The molecule has 0 saturated heterocycles. The molecule has 0 spiro atoms. The molecule has 0 aromatic rings. The number of carbonyl (C=O) groups is 2. The summed E-state index contributed by atoms with van der Waals surface area (Å²) in [4.78, 5) is 27.8. The minimum absolute atomic E-state index is 0.250. The zero-order valence-electron chi connectivity index (χ0n) is 8.15. The maximum absolute atomic E-state index is 11.8. The Kier molecular flexibility index (Phi) is 2.73. The van der Waals surface area contributed by atoms with Gasteiger partial charge in [-0.15, -0.1) is 16.7 Å². The molecule has 2 N–H and O–H groups in total. The van der Waals surface area contributed by atoms with Crippen LogP contribution < -0.4 is 5.73 Å². The zero-order valence-corrected chi connectivity index (χ0v) is 8.91. The summed E-state index contributed by atoms with van der Waals surface area (Å²) in [7, 11) is 0. The Balaban J connectivity index is 2.20. The lowest BCUT2D eigenvalue weighted by Crippen LogP contribution is -2.51. The van der Waals surface area contributed by atoms with E-state index >= 15 is 0 Å². The molecule has 2 rings (SSSR count). The normalized spacial score (nSPS) is 27.4. The number of urea groups is 1. The van der Waals surface area contributed by atoms with Gasteiger partial charge in [0, 0.05) is 5.88 Å². The van der Waals surface area contributed by atoms with E-state index in [4.69, 9.17) is 17.3 Å². The third kappa shape index (κ3) is 1.60. The highest BCUT2D eigenvalue weighted by Crippen LogP contribution is 2.21. The molecule has 2 unspecified atom stereocenters. The average Bonchev–Trinajstić information content (AvgIpc) is 2.67. The van der Waals surface area contributed by atoms with E-state index in [1.165, 1.54) is 11.2 Å². The van der Waals surface area contributed by atoms with Crippen LogP contribution in [0.5, 0.6) is 0 Å². The Morgan fingerprint density at radius 2 is 2.38 bits per heavy atom. The van der Waals surface area contributed by atoms with Gasteiger partial charge < -0.3 is 5.73 Å². The fraction of sp³-hybridized carbons (Fsp3) is 0.571. The van der Waals surface area contributed by atoms with E-state index in [1.807, 2.05) is 0 Å². The molecule has 3 amide bonds. The van der Waals surface area contributed by atoms with Crippen molar-refractivity contribution >= 4 is 29.9 Å². The lowest BCUT2D eigenvalue weighted by atomic mass is 10.2. The fourth-order valence-corrected chi connectivity index (χ4v) is 1.61. The molecule has 8 nitrogen and oxygen atoms in total. The molecular weight excluding hydrogens is 236 g/mol. The molecule has 16 heavy (non-hydrogen) atoms. The number of alkyl halides is 1. The van der Waals surface area contributed by atoms with Crippen LogP contribution in [0.15, 0.2) is 15.3 Å². The van der Waals surface area contributed by atoms with Crippen LogP contribution in [0.4, 0.5) is 4.79 Å². The lowest BCUT2D eigenvalue weighted by molar-refractivity contribution is -0.119. The summed E-state index contributed by atoms with van der Waals surface area (Å²) >= 11 is 5.50. The summed E-state index contributed by atoms with van der Waals surface area (Å²) in [6, 6.07) is -1.26. The van der Waals surface area contributed by atoms with Gasteiger partial charge in [-0.05, 0) is 0 Å². The highest BCUT2D eigenvalue weighted by molar-refractivity contribution is 6.18. The summed E-state index contributed by atoms with van der Waals surface area (Å²) in [5, 5.41) is 8.60. The first kappa shape index (κ1) is 10.8. The van der Waals surface area contributed by atoms with E-state index in [1.54, 1.807) is 0 Å². The van der Waals surface area contributed by atoms with Crippen molar-refractivity contribution in [3.63, 3.8) is 0 Å². The van der Waals surface area contributed by atoms with Crippen LogP contribution >= 0.6 is 11.6 Å². The molecule has 0 saturated carbocycles. The number of hydrogen-bond acceptors (Lipinski definition) is 5. The maximum atomic E-state index is 11.8. The molecule has 0 aromatic carbocycles. The third-order valence-electron chi connectivity index (χ3n) is 2.23. The Morgan fingerprint density at radius 3 is 3.00 bits per heavy atom. The summed E-state index contributed by atoms with van der Waals surface area (Å²) in [5.74, 6) is -0.388. The number of nitrogens with two attached hydrogens (primary N) is 1. The van der Waals surface area contributed by atoms with Crippen molar-refractivity contribution in [1.82, 2.24) is 9.91 Å². The van der Waals surface area contributed by atoms with Crippen LogP contribution in [-0.2, 0) is 4.79 Å². The van der Waals surface area contributed by atoms with Crippen molar-refractivity contribution in [2.45, 2.75) is 12.2 Å². The summed E-state index contributed by atoms with van der Waals surface area (Å²) in [6.45, 7) is 0.252. The number of hydrogen-bond donors (Lipinski definition) is 1. The second-order valence-electron chi connectivity index (χ2n) is 3.23. The Hall–Kier alpha value is -1.70. The molecule has 2 aliphatic heterocycles. The molecule has 0 aliphatic carbocycles. The monoisotopic (exact) mass is 244 g/mol. The van der Waals surface area contributed by atoms with Crippen molar-refractivity contribution in [2.24, 2.45) is 21.1 Å². The molecule has 2 atom stereocenters. The number of fused-ring (bicyclic) bond motifs is 1. The SMILES string of the molecule is NC(=O)C1N=CN2C(=O)N(CCCl)N=NC12. The van der Waals surface area contributed by atoms with Gasteiger partial charge in [0.1, 0.15) is 0 Å². The Morgan fingerprint density at radius 1 is 1.62 bits per heavy atom. The highest BCUT2D eigenvalue weighted by atomic mass is 35.5. The first-order valence-electron chi connectivity index (χ1n) is 4.54. The Bertz CT molecular complexity index is 383. The summed E-state index contributed by atoms with van der Waals surface area (Å²) < 4.78 is 0. The van der Waals surface area contributed by atoms with Crippen molar-refractivity contribution in [3.05, 3.63) is 0 Å². The van der Waals surface area contributed by atoms with Crippen LogP contribution in [0.25, 0.3) is 0 Å². The van der Waals surface area contributed by atoms with Gasteiger partial charge >= 0.3 is 6.03 Å². The topological polar surface area (TPSA) is 104 Å². The van der Waals surface area contributed by atoms with Gasteiger partial charge in [0.25, 0.3) is 0 Å². The molecule has 9 heteroatoms. The van der Waals surface area contributed by atoms with Crippen molar-refractivity contribution in [3.8, 4) is 0 Å². The minimum atomic E-state index is -0.856. The van der Waals surface area contributed by atoms with E-state index in [-0.39, 0.29) is 12.4 Å². The van der Waals surface area contributed by atoms with Gasteiger partial charge in [-0.25, -0.2) is 4.79 Å². The van der Waals surface area contributed by atoms with E-state index < -0.39 is 24.1 Å². The van der Waals surface area contributed by atoms with Gasteiger partial charge in [-0.3, -0.25) is 14.7 Å². The first-order valence-corrected chi connectivity index (χ1v) is 5.08. The Labute approximate surface area is 95.7 Å². The predicted molar refractivity (Wildman–Crippen MR) is 54.8 cm³/mol. The second kappa shape index (κ2) is 4.05. The molecule has 2 aliphatic rings. The number of aliphatic imine (C=N–C) groups is 1. The highest BCUT2D eigenvalue weighted by Gasteiger charge is 2.42. The molecule has 0 bridgehead atoms. The van der Waals surface area contributed by atoms with E-state index in [9.17, 15) is 9.59 Å². The quantitative estimate of drug-likeness (QED) is 0.680. The average molecular weight is 245 g/mol. The van der Waals surface area contributed by atoms with Crippen molar-refractivity contribution in [2.75, 3.05) is 12.4 Å². The molecule has 2 heterocycles.